The van der Waals surface area contributed by atoms with E-state index in [2.05, 4.69) is 9.88 Å². The molecule has 2 N–H and O–H groups in total. The zero-order chi connectivity index (χ0) is 22.1. The van der Waals surface area contributed by atoms with Crippen molar-refractivity contribution in [2.75, 3.05) is 31.6 Å². The molecule has 1 aliphatic heterocycles. The molecule has 2 aromatic heterocycles. The van der Waals surface area contributed by atoms with Gasteiger partial charge in [-0.15, -0.1) is 0 Å². The summed E-state index contributed by atoms with van der Waals surface area (Å²) >= 11 is 0. The Morgan fingerprint density at radius 1 is 1.16 bits per heavy atom. The fraction of sp³-hybridized carbons (Fsp3) is 0.609. The monoisotopic (exact) mass is 428 g/mol. The Balaban J connectivity index is 1.43. The molecule has 0 bridgehead atoms. The van der Waals surface area contributed by atoms with Gasteiger partial charge in [0.05, 0.1) is 24.1 Å². The van der Waals surface area contributed by atoms with E-state index >= 15 is 0 Å². The maximum atomic E-state index is 13.0. The van der Waals surface area contributed by atoms with Crippen molar-refractivity contribution < 1.29 is 19.8 Å². The number of hydrogen-bond donors (Lipinski definition) is 2. The third-order valence-electron chi connectivity index (χ3n) is 6.96. The number of piperidine rings is 1. The lowest BCUT2D eigenvalue weighted by Crippen LogP contribution is -2.55. The topological polar surface area (TPSA) is 98.4 Å². The Bertz CT molecular complexity index is 952. The second-order valence-corrected chi connectivity index (χ2v) is 9.51. The molecule has 31 heavy (non-hydrogen) atoms. The van der Waals surface area contributed by atoms with Crippen molar-refractivity contribution in [2.45, 2.75) is 57.0 Å². The summed E-state index contributed by atoms with van der Waals surface area (Å²) < 4.78 is 2.01. The van der Waals surface area contributed by atoms with E-state index in [1.165, 1.54) is 0 Å². The first-order valence-electron chi connectivity index (χ1n) is 11.1. The highest BCUT2D eigenvalue weighted by Gasteiger charge is 2.41. The van der Waals surface area contributed by atoms with Crippen molar-refractivity contribution in [3.63, 3.8) is 0 Å². The lowest BCUT2D eigenvalue weighted by molar-refractivity contribution is -0.142. The number of carboxylic acids is 1. The predicted octanol–water partition coefficient (Wildman–Crippen LogP) is 2.55. The summed E-state index contributed by atoms with van der Waals surface area (Å²) in [6.45, 7) is 1.44. The molecule has 2 fully saturated rings. The van der Waals surface area contributed by atoms with E-state index < -0.39 is 17.0 Å². The molecule has 168 valence electrons. The number of nitrogens with zero attached hydrogens (tertiary/aromatic N) is 4. The number of aliphatic carboxylic acids is 1. The van der Waals surface area contributed by atoms with Crippen LogP contribution in [0.5, 0.6) is 0 Å². The molecule has 3 heterocycles. The Morgan fingerprint density at radius 2 is 1.94 bits per heavy atom. The maximum Gasteiger partial charge on any atom is 0.303 e. The first-order chi connectivity index (χ1) is 14.8. The first-order valence-corrected chi connectivity index (χ1v) is 11.1. The van der Waals surface area contributed by atoms with E-state index in [1.807, 2.05) is 28.9 Å². The Hall–Kier alpha value is -2.61. The number of amides is 1. The van der Waals surface area contributed by atoms with Gasteiger partial charge in [-0.3, -0.25) is 9.59 Å². The van der Waals surface area contributed by atoms with E-state index in [1.54, 1.807) is 18.1 Å². The summed E-state index contributed by atoms with van der Waals surface area (Å²) in [5.41, 5.74) is -0.472. The van der Waals surface area contributed by atoms with Gasteiger partial charge in [0.25, 0.3) is 0 Å². The molecule has 4 rings (SSSR count). The minimum Gasteiger partial charge on any atom is -0.481 e. The number of rotatable bonds is 7. The van der Waals surface area contributed by atoms with Crippen molar-refractivity contribution in [2.24, 2.45) is 5.41 Å². The van der Waals surface area contributed by atoms with Gasteiger partial charge in [-0.2, -0.15) is 0 Å². The first kappa shape index (κ1) is 21.6. The van der Waals surface area contributed by atoms with E-state index in [9.17, 15) is 19.8 Å². The van der Waals surface area contributed by atoms with Gasteiger partial charge >= 0.3 is 5.97 Å². The molecule has 8 heteroatoms. The van der Waals surface area contributed by atoms with Gasteiger partial charge in [-0.1, -0.05) is 12.8 Å². The van der Waals surface area contributed by atoms with Gasteiger partial charge in [-0.05, 0) is 43.2 Å². The van der Waals surface area contributed by atoms with Crippen LogP contribution in [0.25, 0.3) is 5.52 Å². The van der Waals surface area contributed by atoms with Crippen LogP contribution in [-0.4, -0.2) is 68.7 Å². The molecule has 1 saturated carbocycles. The second kappa shape index (κ2) is 8.49. The fourth-order valence-corrected chi connectivity index (χ4v) is 5.47. The average Bonchev–Trinajstić information content (AvgIpc) is 3.36. The summed E-state index contributed by atoms with van der Waals surface area (Å²) in [4.78, 5) is 32.6. The zero-order valence-corrected chi connectivity index (χ0v) is 18.2. The number of fused-ring (bicyclic) bond motifs is 1. The summed E-state index contributed by atoms with van der Waals surface area (Å²) in [7, 11) is 1.72. The number of hydrogen-bond acceptors (Lipinski definition) is 5. The highest BCUT2D eigenvalue weighted by molar-refractivity contribution is 5.78. The van der Waals surface area contributed by atoms with Gasteiger partial charge in [0.15, 0.2) is 5.82 Å². The lowest BCUT2D eigenvalue weighted by atomic mass is 9.79. The third kappa shape index (κ3) is 4.69. The number of carbonyl (C=O) groups excluding carboxylic acids is 1. The highest BCUT2D eigenvalue weighted by Crippen LogP contribution is 2.44. The van der Waals surface area contributed by atoms with E-state index in [0.717, 1.165) is 50.0 Å². The standard InChI is InChI=1S/C23H32N4O4/c1-25(19(28)14-22(15-20(29)30)7-2-3-8-22)16-23(31)9-5-12-27(17-23)21-18-6-4-11-26(18)13-10-24-21/h4,6,10-11,13,31H,2-3,5,7-9,12,14-17H2,1H3,(H,29,30)/t23-/m1/s1. The minimum atomic E-state index is -1.03. The van der Waals surface area contributed by atoms with Crippen LogP contribution < -0.4 is 4.90 Å². The van der Waals surface area contributed by atoms with Crippen LogP contribution in [0.1, 0.15) is 51.4 Å². The SMILES string of the molecule is CN(C[C@]1(O)CCCN(c2nccn3cccc23)C1)C(=O)CC1(CC(=O)O)CCCC1. The Kier molecular flexibility index (Phi) is 5.92. The number of aliphatic hydroxyl groups is 1. The molecule has 0 radical (unpaired) electrons. The molecular weight excluding hydrogens is 396 g/mol. The second-order valence-electron chi connectivity index (χ2n) is 9.51. The average molecular weight is 429 g/mol. The quantitative estimate of drug-likeness (QED) is 0.703. The van der Waals surface area contributed by atoms with Gasteiger partial charge in [0.1, 0.15) is 0 Å². The summed E-state index contributed by atoms with van der Waals surface area (Å²) in [5, 5.41) is 20.7. The van der Waals surface area contributed by atoms with Gasteiger partial charge in [0, 0.05) is 45.1 Å². The number of anilines is 1. The van der Waals surface area contributed by atoms with Crippen LogP contribution in [0.4, 0.5) is 5.82 Å². The van der Waals surface area contributed by atoms with Gasteiger partial charge in [-0.25, -0.2) is 4.98 Å². The van der Waals surface area contributed by atoms with Crippen LogP contribution in [0.2, 0.25) is 0 Å². The van der Waals surface area contributed by atoms with Crippen LogP contribution in [0, 0.1) is 5.41 Å². The predicted molar refractivity (Wildman–Crippen MR) is 117 cm³/mol. The molecule has 1 saturated heterocycles. The number of aromatic nitrogens is 2. The molecule has 1 aliphatic carbocycles. The maximum absolute atomic E-state index is 13.0. The molecule has 2 aromatic rings. The van der Waals surface area contributed by atoms with Gasteiger partial charge < -0.3 is 24.4 Å². The number of likely N-dealkylation sites (N-methyl/N-ethyl adjacent to an activating group) is 1. The van der Waals surface area contributed by atoms with Crippen molar-refractivity contribution in [3.8, 4) is 0 Å². The Labute approximate surface area is 182 Å². The third-order valence-corrected chi connectivity index (χ3v) is 6.96. The number of carboxylic acid groups (broad SMARTS) is 1. The molecule has 1 atom stereocenters. The zero-order valence-electron chi connectivity index (χ0n) is 18.2. The highest BCUT2D eigenvalue weighted by atomic mass is 16.4. The summed E-state index contributed by atoms with van der Waals surface area (Å²) in [6, 6.07) is 3.98. The van der Waals surface area contributed by atoms with Crippen LogP contribution in [0.15, 0.2) is 30.7 Å². The van der Waals surface area contributed by atoms with Crippen molar-refractivity contribution in [1.82, 2.24) is 14.3 Å². The smallest absolute Gasteiger partial charge is 0.303 e. The molecule has 2 aliphatic rings. The van der Waals surface area contributed by atoms with Crippen LogP contribution in [-0.2, 0) is 9.59 Å². The normalized spacial score (nSPS) is 23.2. The Morgan fingerprint density at radius 3 is 2.68 bits per heavy atom. The molecule has 0 unspecified atom stereocenters. The van der Waals surface area contributed by atoms with Crippen molar-refractivity contribution in [3.05, 3.63) is 30.7 Å². The van der Waals surface area contributed by atoms with E-state index in [4.69, 9.17) is 0 Å². The minimum absolute atomic E-state index is 0.0393. The van der Waals surface area contributed by atoms with Crippen molar-refractivity contribution >= 4 is 23.2 Å². The lowest BCUT2D eigenvalue weighted by Gasteiger charge is -2.42. The number of β-amino-alcohol motifs (C(OH)–C–C–N with tert-alkyl or cyclic N) is 1. The van der Waals surface area contributed by atoms with Gasteiger partial charge in [0.2, 0.25) is 5.91 Å². The fourth-order valence-electron chi connectivity index (χ4n) is 5.47. The largest absolute Gasteiger partial charge is 0.481 e. The molecule has 1 amide bonds. The number of carbonyl (C=O) groups is 2. The van der Waals surface area contributed by atoms with Crippen LogP contribution in [0.3, 0.4) is 0 Å². The van der Waals surface area contributed by atoms with Crippen molar-refractivity contribution in [1.29, 1.82) is 0 Å². The molecule has 0 spiro atoms. The molecular formula is C23H32N4O4. The van der Waals surface area contributed by atoms with E-state index in [-0.39, 0.29) is 25.3 Å². The van der Waals surface area contributed by atoms with E-state index in [0.29, 0.717) is 13.0 Å². The van der Waals surface area contributed by atoms with Crippen LogP contribution >= 0.6 is 0 Å². The summed E-state index contributed by atoms with van der Waals surface area (Å²) in [5.74, 6) is -0.0857. The summed E-state index contributed by atoms with van der Waals surface area (Å²) in [6.07, 6.45) is 10.8. The molecule has 0 aromatic carbocycles. The molecule has 8 nitrogen and oxygen atoms in total.